The van der Waals surface area contributed by atoms with Crippen molar-refractivity contribution in [2.75, 3.05) is 20.6 Å². The molecule has 1 unspecified atom stereocenters. The Bertz CT molecular complexity index is 1550. The van der Waals surface area contributed by atoms with Gasteiger partial charge in [0.2, 0.25) is 0 Å². The minimum absolute atomic E-state index is 0. The van der Waals surface area contributed by atoms with Gasteiger partial charge in [-0.15, -0.1) is 0 Å². The lowest BCUT2D eigenvalue weighted by atomic mass is 9.84. The Morgan fingerprint density at radius 1 is 0.977 bits per heavy atom. The number of rotatable bonds is 13. The van der Waals surface area contributed by atoms with Crippen LogP contribution in [0, 0.1) is 38.3 Å². The van der Waals surface area contributed by atoms with Crippen LogP contribution in [0.15, 0.2) is 41.3 Å². The van der Waals surface area contributed by atoms with Gasteiger partial charge in [0.1, 0.15) is 11.6 Å². The Hall–Kier alpha value is -3.01. The third-order valence-electron chi connectivity index (χ3n) is 7.78. The first-order valence-corrected chi connectivity index (χ1v) is 14.8. The molecule has 3 rings (SSSR count). The van der Waals surface area contributed by atoms with Crippen LogP contribution in [0.4, 0.5) is 8.78 Å². The van der Waals surface area contributed by atoms with E-state index in [0.717, 1.165) is 17.7 Å². The number of hydrogen-bond donors (Lipinski definition) is 1. The van der Waals surface area contributed by atoms with E-state index in [2.05, 4.69) is 0 Å². The first-order chi connectivity index (χ1) is 20.1. The van der Waals surface area contributed by atoms with Crippen molar-refractivity contribution in [2.45, 2.75) is 72.3 Å². The van der Waals surface area contributed by atoms with E-state index in [1.165, 1.54) is 34.9 Å². The summed E-state index contributed by atoms with van der Waals surface area (Å²) in [5.74, 6) is -3.78. The number of carbonyl (C=O) groups is 2. The molecular formula is C34H43ClF2N2O4S. The van der Waals surface area contributed by atoms with Gasteiger partial charge < -0.3 is 14.6 Å². The minimum Gasteiger partial charge on any atom is -0.481 e. The highest BCUT2D eigenvalue weighted by atomic mass is 35.5. The smallest absolute Gasteiger partial charge is 0.303 e. The normalized spacial score (nSPS) is 12.7. The number of aryl methyl sites for hydroxylation is 3. The van der Waals surface area contributed by atoms with Gasteiger partial charge in [0.05, 0.1) is 17.5 Å². The molecule has 2 aromatic carbocycles. The summed E-state index contributed by atoms with van der Waals surface area (Å²) >= 11 is 6.32. The summed E-state index contributed by atoms with van der Waals surface area (Å²) in [7, 11) is 3.91. The maximum absolute atomic E-state index is 15.6. The number of aliphatic carboxylic acids is 1. The quantitative estimate of drug-likeness (QED) is 0.209. The molecule has 1 aromatic heterocycles. The average molecular weight is 649 g/mol. The Morgan fingerprint density at radius 2 is 1.59 bits per heavy atom. The molecule has 1 heterocycles. The van der Waals surface area contributed by atoms with Crippen LogP contribution in [0.5, 0.6) is 0 Å². The van der Waals surface area contributed by atoms with Gasteiger partial charge in [0, 0.05) is 31.1 Å². The van der Waals surface area contributed by atoms with E-state index < -0.39 is 36.0 Å². The molecule has 0 saturated carbocycles. The fraction of sp³-hybridized carbons (Fsp3) is 0.441. The van der Waals surface area contributed by atoms with Crippen molar-refractivity contribution in [2.24, 2.45) is 5.92 Å². The van der Waals surface area contributed by atoms with E-state index in [4.69, 9.17) is 11.6 Å². The minimum atomic E-state index is -1.20. The predicted molar refractivity (Wildman–Crippen MR) is 177 cm³/mol. The molecule has 0 fully saturated rings. The number of nitrogens with zero attached hydrogens (tertiary/aromatic N) is 2. The van der Waals surface area contributed by atoms with Crippen LogP contribution >= 0.6 is 25.1 Å². The number of halogens is 3. The summed E-state index contributed by atoms with van der Waals surface area (Å²) in [6, 6.07) is 6.32. The van der Waals surface area contributed by atoms with E-state index in [-0.39, 0.29) is 47.8 Å². The standard InChI is InChI=1S/C34H41ClF2N2O4.H2S/c1-19(2)10-29(39-18-23(8-9-38(6)7)20(3)13-31(39)41)30(40)16-24(17-32(42)43)27-14-25(15-28(35)34(27)37)33-21(4)11-26(36)12-22(33)5;/h11-15,18-19,24,29H,8-10,16-17H2,1-7H3,(H,42,43);1H2/t24-,29?;/m0./s1. The summed E-state index contributed by atoms with van der Waals surface area (Å²) in [6.45, 7) is 9.95. The molecule has 1 N–H and O–H groups in total. The molecular weight excluding hydrogens is 606 g/mol. The Kier molecular flexibility index (Phi) is 13.4. The van der Waals surface area contributed by atoms with Gasteiger partial charge in [0.25, 0.3) is 5.56 Å². The Labute approximate surface area is 270 Å². The van der Waals surface area contributed by atoms with Crippen molar-refractivity contribution in [1.82, 2.24) is 9.47 Å². The highest BCUT2D eigenvalue weighted by Gasteiger charge is 2.30. The number of carboxylic acid groups (broad SMARTS) is 1. The van der Waals surface area contributed by atoms with Crippen molar-refractivity contribution in [3.63, 3.8) is 0 Å². The van der Waals surface area contributed by atoms with Crippen LogP contribution in [0.25, 0.3) is 11.1 Å². The highest BCUT2D eigenvalue weighted by Crippen LogP contribution is 2.38. The second-order valence-corrected chi connectivity index (χ2v) is 12.6. The monoisotopic (exact) mass is 648 g/mol. The second-order valence-electron chi connectivity index (χ2n) is 12.2. The third-order valence-corrected chi connectivity index (χ3v) is 8.05. The van der Waals surface area contributed by atoms with Gasteiger partial charge in [-0.05, 0) is 117 Å². The molecule has 0 bridgehead atoms. The average Bonchev–Trinajstić information content (AvgIpc) is 2.87. The molecule has 0 aliphatic carbocycles. The van der Waals surface area contributed by atoms with Crippen molar-refractivity contribution in [3.8, 4) is 11.1 Å². The molecule has 0 spiro atoms. The zero-order valence-corrected chi connectivity index (χ0v) is 28.2. The topological polar surface area (TPSA) is 79.6 Å². The van der Waals surface area contributed by atoms with Crippen LogP contribution in [-0.2, 0) is 16.0 Å². The van der Waals surface area contributed by atoms with Gasteiger partial charge in [-0.25, -0.2) is 8.78 Å². The van der Waals surface area contributed by atoms with E-state index >= 15 is 4.39 Å². The third kappa shape index (κ3) is 9.25. The lowest BCUT2D eigenvalue weighted by Crippen LogP contribution is -2.32. The summed E-state index contributed by atoms with van der Waals surface area (Å²) in [5.41, 5.74) is 3.81. The van der Waals surface area contributed by atoms with E-state index in [1.54, 1.807) is 20.0 Å². The SMILES string of the molecule is Cc1cc(=O)n(C(CC(C)C)C(=O)C[C@@H](CC(=O)O)c2cc(-c3c(C)cc(F)cc3C)cc(Cl)c2F)cc1CCN(C)C.S. The van der Waals surface area contributed by atoms with Crippen molar-refractivity contribution in [3.05, 3.63) is 91.4 Å². The number of benzene rings is 2. The van der Waals surface area contributed by atoms with Gasteiger partial charge in [-0.2, -0.15) is 13.5 Å². The zero-order chi connectivity index (χ0) is 32.2. The van der Waals surface area contributed by atoms with Crippen molar-refractivity contribution < 1.29 is 23.5 Å². The summed E-state index contributed by atoms with van der Waals surface area (Å²) < 4.78 is 31.1. The maximum atomic E-state index is 15.6. The van der Waals surface area contributed by atoms with Crippen LogP contribution in [0.1, 0.15) is 72.9 Å². The fourth-order valence-corrected chi connectivity index (χ4v) is 5.91. The van der Waals surface area contributed by atoms with Gasteiger partial charge in [-0.1, -0.05) is 25.4 Å². The van der Waals surface area contributed by atoms with Crippen LogP contribution < -0.4 is 5.56 Å². The number of carboxylic acids is 1. The Morgan fingerprint density at radius 3 is 2.14 bits per heavy atom. The molecule has 2 atom stereocenters. The molecule has 0 saturated heterocycles. The number of Topliss-reactive ketones (excluding diaryl/α,β-unsaturated/α-hetero) is 1. The van der Waals surface area contributed by atoms with Gasteiger partial charge in [-0.3, -0.25) is 14.4 Å². The first kappa shape index (κ1) is 37.2. The van der Waals surface area contributed by atoms with Crippen LogP contribution in [-0.4, -0.2) is 47.0 Å². The zero-order valence-electron chi connectivity index (χ0n) is 26.4. The molecule has 6 nitrogen and oxygen atoms in total. The second kappa shape index (κ2) is 15.8. The Balaban J connectivity index is 0.00000675. The predicted octanol–water partition coefficient (Wildman–Crippen LogP) is 7.39. The largest absolute Gasteiger partial charge is 0.481 e. The number of carbonyl (C=O) groups excluding carboxylic acids is 1. The van der Waals surface area contributed by atoms with Crippen LogP contribution in [0.3, 0.4) is 0 Å². The summed E-state index contributed by atoms with van der Waals surface area (Å²) in [4.78, 5) is 41.2. The lowest BCUT2D eigenvalue weighted by molar-refractivity contribution is -0.137. The van der Waals surface area contributed by atoms with E-state index in [0.29, 0.717) is 35.1 Å². The lowest BCUT2D eigenvalue weighted by Gasteiger charge is -2.25. The molecule has 10 heteroatoms. The molecule has 0 radical (unpaired) electrons. The van der Waals surface area contributed by atoms with Gasteiger partial charge in [0.15, 0.2) is 5.78 Å². The number of ketones is 1. The number of aromatic nitrogens is 1. The van der Waals surface area contributed by atoms with Crippen molar-refractivity contribution in [1.29, 1.82) is 0 Å². The summed E-state index contributed by atoms with van der Waals surface area (Å²) in [5, 5.41) is 9.55. The molecule has 0 amide bonds. The van der Waals surface area contributed by atoms with E-state index in [1.807, 2.05) is 39.8 Å². The number of hydrogen-bond acceptors (Lipinski definition) is 4. The molecule has 0 aliphatic rings. The van der Waals surface area contributed by atoms with Crippen molar-refractivity contribution >= 4 is 36.8 Å². The van der Waals surface area contributed by atoms with Crippen LogP contribution in [0.2, 0.25) is 5.02 Å². The fourth-order valence-electron chi connectivity index (χ4n) is 5.68. The molecule has 3 aromatic rings. The maximum Gasteiger partial charge on any atom is 0.303 e. The molecule has 0 aliphatic heterocycles. The first-order valence-electron chi connectivity index (χ1n) is 14.5. The van der Waals surface area contributed by atoms with Gasteiger partial charge >= 0.3 is 5.97 Å². The highest BCUT2D eigenvalue weighted by molar-refractivity contribution is 7.59. The molecule has 44 heavy (non-hydrogen) atoms. The molecule has 240 valence electrons. The van der Waals surface area contributed by atoms with E-state index in [9.17, 15) is 23.9 Å². The number of likely N-dealkylation sites (N-methyl/N-ethyl adjacent to an activating group) is 1. The summed E-state index contributed by atoms with van der Waals surface area (Å²) in [6.07, 6.45) is 1.94. The number of pyridine rings is 1.